The second-order valence-electron chi connectivity index (χ2n) is 2.85. The summed E-state index contributed by atoms with van der Waals surface area (Å²) in [7, 11) is 0. The van der Waals surface area contributed by atoms with E-state index in [1.54, 1.807) is 0 Å². The number of rotatable bonds is 3. The predicted octanol–water partition coefficient (Wildman–Crippen LogP) is -1.79. The molecule has 4 N–H and O–H groups in total. The number of nitrogens with one attached hydrogen (secondary N) is 1. The average Bonchev–Trinajstić information content (AvgIpc) is 2.06. The van der Waals surface area contributed by atoms with Gasteiger partial charge in [-0.15, -0.1) is 0 Å². The van der Waals surface area contributed by atoms with Gasteiger partial charge in [-0.25, -0.2) is 0 Å². The summed E-state index contributed by atoms with van der Waals surface area (Å²) >= 11 is 0. The van der Waals surface area contributed by atoms with Gasteiger partial charge in [-0.2, -0.15) is 0 Å². The fourth-order valence-corrected chi connectivity index (χ4v) is 1.46. The molecule has 0 saturated carbocycles. The molecule has 66 valence electrons. The molecule has 11 heavy (non-hydrogen) atoms. The molecule has 4 heteroatoms. The molecule has 1 fully saturated rings. The summed E-state index contributed by atoms with van der Waals surface area (Å²) in [4.78, 5) is 2.23. The molecule has 4 nitrogen and oxygen atoms in total. The van der Waals surface area contributed by atoms with E-state index >= 15 is 0 Å². The Morgan fingerprint density at radius 3 is 3.09 bits per heavy atom. The van der Waals surface area contributed by atoms with Crippen molar-refractivity contribution >= 4 is 0 Å². The normalized spacial score (nSPS) is 27.3. The highest BCUT2D eigenvalue weighted by Gasteiger charge is 2.19. The predicted molar refractivity (Wildman–Crippen MR) is 44.4 cm³/mol. The Balaban J connectivity index is 2.31. The van der Waals surface area contributed by atoms with Crippen LogP contribution >= 0.6 is 0 Å². The highest BCUT2D eigenvalue weighted by atomic mass is 16.3. The first kappa shape index (κ1) is 8.93. The maximum atomic E-state index is 8.73. The van der Waals surface area contributed by atoms with Crippen LogP contribution in [0.3, 0.4) is 0 Å². The number of nitrogens with zero attached hydrogens (tertiary/aromatic N) is 1. The first-order chi connectivity index (χ1) is 5.38. The molecule has 0 spiro atoms. The van der Waals surface area contributed by atoms with Crippen LogP contribution in [0, 0.1) is 0 Å². The monoisotopic (exact) mass is 159 g/mol. The van der Waals surface area contributed by atoms with Crippen molar-refractivity contribution in [3.63, 3.8) is 0 Å². The molecule has 0 aromatic rings. The highest BCUT2D eigenvalue weighted by Crippen LogP contribution is 1.99. The molecule has 1 atom stereocenters. The Bertz CT molecular complexity index is 108. The van der Waals surface area contributed by atoms with Gasteiger partial charge < -0.3 is 16.2 Å². The second-order valence-corrected chi connectivity index (χ2v) is 2.85. The SMILES string of the molecule is NCC1CNCCN1CCO. The number of aliphatic hydroxyl groups excluding tert-OH is 1. The van der Waals surface area contributed by atoms with Gasteiger partial charge in [0.05, 0.1) is 6.61 Å². The summed E-state index contributed by atoms with van der Waals surface area (Å²) in [6.45, 7) is 4.63. The van der Waals surface area contributed by atoms with E-state index in [9.17, 15) is 0 Å². The molecule has 0 amide bonds. The van der Waals surface area contributed by atoms with E-state index in [1.807, 2.05) is 0 Å². The molecular formula is C7H17N3O. The maximum absolute atomic E-state index is 8.73. The summed E-state index contributed by atoms with van der Waals surface area (Å²) < 4.78 is 0. The number of piperazine rings is 1. The third-order valence-electron chi connectivity index (χ3n) is 2.13. The zero-order chi connectivity index (χ0) is 8.10. The largest absolute Gasteiger partial charge is 0.395 e. The van der Waals surface area contributed by atoms with Gasteiger partial charge in [0, 0.05) is 38.8 Å². The summed E-state index contributed by atoms with van der Waals surface area (Å²) in [5.74, 6) is 0. The summed E-state index contributed by atoms with van der Waals surface area (Å²) in [5.41, 5.74) is 5.56. The lowest BCUT2D eigenvalue weighted by Crippen LogP contribution is -2.54. The highest BCUT2D eigenvalue weighted by molar-refractivity contribution is 4.79. The molecule has 0 radical (unpaired) electrons. The van der Waals surface area contributed by atoms with Gasteiger partial charge in [0.1, 0.15) is 0 Å². The van der Waals surface area contributed by atoms with Crippen molar-refractivity contribution in [3.05, 3.63) is 0 Å². The van der Waals surface area contributed by atoms with E-state index in [2.05, 4.69) is 10.2 Å². The molecule has 0 aromatic heterocycles. The Morgan fingerprint density at radius 1 is 1.64 bits per heavy atom. The van der Waals surface area contributed by atoms with Crippen LogP contribution in [0.25, 0.3) is 0 Å². The van der Waals surface area contributed by atoms with Crippen LogP contribution in [-0.2, 0) is 0 Å². The van der Waals surface area contributed by atoms with E-state index in [-0.39, 0.29) is 6.61 Å². The first-order valence-corrected chi connectivity index (χ1v) is 4.14. The molecule has 1 unspecified atom stereocenters. The summed E-state index contributed by atoms with van der Waals surface area (Å²) in [5, 5.41) is 12.0. The van der Waals surface area contributed by atoms with Gasteiger partial charge in [0.15, 0.2) is 0 Å². The topological polar surface area (TPSA) is 61.5 Å². The molecule has 0 bridgehead atoms. The second kappa shape index (κ2) is 4.66. The molecule has 0 aliphatic carbocycles. The number of nitrogens with two attached hydrogens (primary N) is 1. The van der Waals surface area contributed by atoms with Crippen molar-refractivity contribution in [2.24, 2.45) is 5.73 Å². The molecule has 0 aromatic carbocycles. The van der Waals surface area contributed by atoms with Crippen molar-refractivity contribution in [2.75, 3.05) is 39.3 Å². The average molecular weight is 159 g/mol. The van der Waals surface area contributed by atoms with Crippen LogP contribution in [0.15, 0.2) is 0 Å². The number of β-amino-alcohol motifs (C(OH)–C–C–N with tert-alkyl or cyclic N) is 1. The third-order valence-corrected chi connectivity index (χ3v) is 2.13. The molecular weight excluding hydrogens is 142 g/mol. The van der Waals surface area contributed by atoms with Crippen molar-refractivity contribution in [1.82, 2.24) is 10.2 Å². The van der Waals surface area contributed by atoms with E-state index in [1.165, 1.54) is 0 Å². The van der Waals surface area contributed by atoms with Crippen molar-refractivity contribution in [3.8, 4) is 0 Å². The van der Waals surface area contributed by atoms with E-state index in [0.717, 1.165) is 26.2 Å². The van der Waals surface area contributed by atoms with Gasteiger partial charge in [0.25, 0.3) is 0 Å². The Labute approximate surface area is 67.4 Å². The van der Waals surface area contributed by atoms with Gasteiger partial charge in [-0.05, 0) is 0 Å². The van der Waals surface area contributed by atoms with Crippen molar-refractivity contribution in [1.29, 1.82) is 0 Å². The van der Waals surface area contributed by atoms with E-state index in [4.69, 9.17) is 10.8 Å². The standard InChI is InChI=1S/C7H17N3O/c8-5-7-6-9-1-2-10(7)3-4-11/h7,9,11H,1-6,8H2. The lowest BCUT2D eigenvalue weighted by Gasteiger charge is -2.34. The minimum Gasteiger partial charge on any atom is -0.395 e. The third kappa shape index (κ3) is 2.41. The zero-order valence-corrected chi connectivity index (χ0v) is 6.79. The Morgan fingerprint density at radius 2 is 2.45 bits per heavy atom. The summed E-state index contributed by atoms with van der Waals surface area (Å²) in [6.07, 6.45) is 0. The van der Waals surface area contributed by atoms with E-state index in [0.29, 0.717) is 12.6 Å². The first-order valence-electron chi connectivity index (χ1n) is 4.14. The fourth-order valence-electron chi connectivity index (χ4n) is 1.46. The fraction of sp³-hybridized carbons (Fsp3) is 1.00. The quantitative estimate of drug-likeness (QED) is 0.455. The van der Waals surface area contributed by atoms with Crippen LogP contribution in [0.4, 0.5) is 0 Å². The number of aliphatic hydroxyl groups is 1. The lowest BCUT2D eigenvalue weighted by atomic mass is 10.2. The lowest BCUT2D eigenvalue weighted by molar-refractivity contribution is 0.130. The Hall–Kier alpha value is -0.160. The van der Waals surface area contributed by atoms with Gasteiger partial charge in [-0.3, -0.25) is 4.90 Å². The van der Waals surface area contributed by atoms with E-state index < -0.39 is 0 Å². The van der Waals surface area contributed by atoms with Gasteiger partial charge >= 0.3 is 0 Å². The van der Waals surface area contributed by atoms with Crippen LogP contribution in [0.1, 0.15) is 0 Å². The van der Waals surface area contributed by atoms with Gasteiger partial charge in [-0.1, -0.05) is 0 Å². The smallest absolute Gasteiger partial charge is 0.0558 e. The molecule has 1 aliphatic heterocycles. The van der Waals surface area contributed by atoms with Crippen LogP contribution in [0.2, 0.25) is 0 Å². The zero-order valence-electron chi connectivity index (χ0n) is 6.79. The molecule has 1 saturated heterocycles. The van der Waals surface area contributed by atoms with Crippen LogP contribution < -0.4 is 11.1 Å². The van der Waals surface area contributed by atoms with Crippen LogP contribution in [0.5, 0.6) is 0 Å². The van der Waals surface area contributed by atoms with Crippen molar-refractivity contribution in [2.45, 2.75) is 6.04 Å². The summed E-state index contributed by atoms with van der Waals surface area (Å²) in [6, 6.07) is 0.413. The minimum absolute atomic E-state index is 0.233. The maximum Gasteiger partial charge on any atom is 0.0558 e. The molecule has 1 aliphatic rings. The number of hydrogen-bond donors (Lipinski definition) is 3. The molecule has 1 heterocycles. The minimum atomic E-state index is 0.233. The van der Waals surface area contributed by atoms with Crippen LogP contribution in [-0.4, -0.2) is 55.4 Å². The van der Waals surface area contributed by atoms with Crippen molar-refractivity contribution < 1.29 is 5.11 Å². The Kier molecular flexibility index (Phi) is 3.79. The molecule has 1 rings (SSSR count). The number of hydrogen-bond acceptors (Lipinski definition) is 4. The van der Waals surface area contributed by atoms with Gasteiger partial charge in [0.2, 0.25) is 0 Å².